The molecule has 0 bridgehead atoms. The topological polar surface area (TPSA) is 115 Å². The van der Waals surface area contributed by atoms with Crippen molar-refractivity contribution in [1.29, 1.82) is 0 Å². The first-order valence-electron chi connectivity index (χ1n) is 9.23. The number of nitrogens with zero attached hydrogens (tertiary/aromatic N) is 4. The van der Waals surface area contributed by atoms with Crippen LogP contribution >= 0.6 is 0 Å². The number of amides is 1. The van der Waals surface area contributed by atoms with Crippen molar-refractivity contribution >= 4 is 17.3 Å². The average Bonchev–Trinajstić information content (AvgIpc) is 3.18. The van der Waals surface area contributed by atoms with Crippen LogP contribution in [0.15, 0.2) is 54.9 Å². The quantitative estimate of drug-likeness (QED) is 0.345. The molecule has 0 saturated heterocycles. The summed E-state index contributed by atoms with van der Waals surface area (Å²) in [6, 6.07) is 11.7. The van der Waals surface area contributed by atoms with E-state index >= 15 is 0 Å². The molecule has 0 saturated carbocycles. The summed E-state index contributed by atoms with van der Waals surface area (Å²) in [5, 5.41) is 21.0. The molecule has 29 heavy (non-hydrogen) atoms. The third kappa shape index (κ3) is 4.75. The lowest BCUT2D eigenvalue weighted by Gasteiger charge is -2.12. The Morgan fingerprint density at radius 3 is 2.55 bits per heavy atom. The third-order valence-corrected chi connectivity index (χ3v) is 4.28. The summed E-state index contributed by atoms with van der Waals surface area (Å²) in [6.07, 6.45) is 3.24. The number of carbonyl (C=O) groups is 1. The van der Waals surface area contributed by atoms with Crippen molar-refractivity contribution in [2.24, 2.45) is 0 Å². The fourth-order valence-corrected chi connectivity index (χ4v) is 2.93. The monoisotopic (exact) mass is 394 g/mol. The largest absolute Gasteiger partial charge is 0.383 e. The number of anilines is 1. The number of nitrogens with one attached hydrogen (secondary N) is 2. The minimum atomic E-state index is -0.443. The maximum atomic E-state index is 12.7. The smallest absolute Gasteiger partial charge is 0.269 e. The highest BCUT2D eigenvalue weighted by Crippen LogP contribution is 2.22. The minimum Gasteiger partial charge on any atom is -0.383 e. The van der Waals surface area contributed by atoms with Crippen LogP contribution < -0.4 is 10.6 Å². The van der Waals surface area contributed by atoms with Gasteiger partial charge in [-0.1, -0.05) is 19.9 Å². The second-order valence-electron chi connectivity index (χ2n) is 6.68. The van der Waals surface area contributed by atoms with E-state index in [9.17, 15) is 14.9 Å². The van der Waals surface area contributed by atoms with Crippen molar-refractivity contribution in [2.75, 3.05) is 18.4 Å². The maximum absolute atomic E-state index is 12.7. The summed E-state index contributed by atoms with van der Waals surface area (Å²) < 4.78 is 1.69. The molecule has 150 valence electrons. The van der Waals surface area contributed by atoms with E-state index in [-0.39, 0.29) is 17.5 Å². The molecule has 0 aliphatic rings. The number of nitro groups is 1. The Hall–Kier alpha value is -3.75. The van der Waals surface area contributed by atoms with Crippen molar-refractivity contribution in [3.63, 3.8) is 0 Å². The zero-order valence-corrected chi connectivity index (χ0v) is 16.2. The Morgan fingerprint density at radius 2 is 1.93 bits per heavy atom. The van der Waals surface area contributed by atoms with Gasteiger partial charge in [-0.05, 0) is 30.2 Å². The SMILES string of the molecule is CC(C)c1c(C(=O)NCCNc2ccc([N+](=O)[O-])cc2)cnn1-c1ccccn1. The Bertz CT molecular complexity index is 983. The fraction of sp³-hybridized carbons (Fsp3) is 0.250. The number of aromatic nitrogens is 3. The highest BCUT2D eigenvalue weighted by atomic mass is 16.6. The molecular formula is C20H22N6O3. The van der Waals surface area contributed by atoms with Crippen LogP contribution in [-0.4, -0.2) is 38.7 Å². The van der Waals surface area contributed by atoms with Gasteiger partial charge in [0.1, 0.15) is 0 Å². The number of hydrogen-bond donors (Lipinski definition) is 2. The Labute approximate surface area is 167 Å². The molecule has 1 amide bonds. The zero-order chi connectivity index (χ0) is 20.8. The first kappa shape index (κ1) is 20.0. The molecular weight excluding hydrogens is 372 g/mol. The highest BCUT2D eigenvalue weighted by Gasteiger charge is 2.21. The third-order valence-electron chi connectivity index (χ3n) is 4.28. The fourth-order valence-electron chi connectivity index (χ4n) is 2.93. The van der Waals surface area contributed by atoms with Crippen LogP contribution in [0.2, 0.25) is 0 Å². The number of benzene rings is 1. The zero-order valence-electron chi connectivity index (χ0n) is 16.2. The molecule has 9 nitrogen and oxygen atoms in total. The molecule has 0 radical (unpaired) electrons. The van der Waals surface area contributed by atoms with Crippen molar-refractivity contribution in [3.05, 3.63) is 76.2 Å². The summed E-state index contributed by atoms with van der Waals surface area (Å²) in [5.74, 6) is 0.537. The summed E-state index contributed by atoms with van der Waals surface area (Å²) >= 11 is 0. The molecule has 3 rings (SSSR count). The predicted molar refractivity (Wildman–Crippen MR) is 109 cm³/mol. The number of carbonyl (C=O) groups excluding carboxylic acids is 1. The van der Waals surface area contributed by atoms with Gasteiger partial charge in [0.2, 0.25) is 0 Å². The van der Waals surface area contributed by atoms with E-state index in [0.29, 0.717) is 24.5 Å². The van der Waals surface area contributed by atoms with Gasteiger partial charge in [0, 0.05) is 37.1 Å². The van der Waals surface area contributed by atoms with Gasteiger partial charge in [-0.25, -0.2) is 9.67 Å². The van der Waals surface area contributed by atoms with E-state index in [0.717, 1.165) is 11.4 Å². The lowest BCUT2D eigenvalue weighted by molar-refractivity contribution is -0.384. The predicted octanol–water partition coefficient (Wildman–Crippen LogP) is 3.14. The Balaban J connectivity index is 1.61. The molecule has 2 N–H and O–H groups in total. The Kier molecular flexibility index (Phi) is 6.18. The summed E-state index contributed by atoms with van der Waals surface area (Å²) in [7, 11) is 0. The number of hydrogen-bond acceptors (Lipinski definition) is 6. The van der Waals surface area contributed by atoms with Gasteiger partial charge in [0.05, 0.1) is 22.4 Å². The van der Waals surface area contributed by atoms with Gasteiger partial charge < -0.3 is 10.6 Å². The van der Waals surface area contributed by atoms with Gasteiger partial charge in [-0.2, -0.15) is 5.10 Å². The highest BCUT2D eigenvalue weighted by molar-refractivity contribution is 5.95. The van der Waals surface area contributed by atoms with Crippen LogP contribution in [0, 0.1) is 10.1 Å². The van der Waals surface area contributed by atoms with Crippen LogP contribution in [0.3, 0.4) is 0 Å². The molecule has 1 aromatic carbocycles. The lowest BCUT2D eigenvalue weighted by Crippen LogP contribution is -2.29. The van der Waals surface area contributed by atoms with Gasteiger partial charge in [0.15, 0.2) is 5.82 Å². The Morgan fingerprint density at radius 1 is 1.17 bits per heavy atom. The summed E-state index contributed by atoms with van der Waals surface area (Å²) in [5.41, 5.74) is 2.09. The maximum Gasteiger partial charge on any atom is 0.269 e. The summed E-state index contributed by atoms with van der Waals surface area (Å²) in [4.78, 5) is 27.2. The van der Waals surface area contributed by atoms with E-state index in [1.165, 1.54) is 12.1 Å². The van der Waals surface area contributed by atoms with Crippen molar-refractivity contribution in [2.45, 2.75) is 19.8 Å². The number of nitro benzene ring substituents is 1. The molecule has 2 heterocycles. The molecule has 0 spiro atoms. The van der Waals surface area contributed by atoms with E-state index in [2.05, 4.69) is 20.7 Å². The van der Waals surface area contributed by atoms with Gasteiger partial charge in [-0.3, -0.25) is 14.9 Å². The standard InChI is InChI=1S/C20H22N6O3/c1-14(2)19-17(13-24-25(19)18-5-3-4-10-22-18)20(27)23-12-11-21-15-6-8-16(9-7-15)26(28)29/h3-10,13-14,21H,11-12H2,1-2H3,(H,23,27). The van der Waals surface area contributed by atoms with E-state index in [4.69, 9.17) is 0 Å². The molecule has 2 aromatic heterocycles. The molecule has 0 unspecified atom stereocenters. The number of pyridine rings is 1. The second-order valence-corrected chi connectivity index (χ2v) is 6.68. The minimum absolute atomic E-state index is 0.0370. The van der Waals surface area contributed by atoms with Crippen molar-refractivity contribution in [1.82, 2.24) is 20.1 Å². The van der Waals surface area contributed by atoms with Crippen LogP contribution in [0.1, 0.15) is 35.8 Å². The molecule has 9 heteroatoms. The van der Waals surface area contributed by atoms with Crippen LogP contribution in [0.25, 0.3) is 5.82 Å². The van der Waals surface area contributed by atoms with Gasteiger partial charge >= 0.3 is 0 Å². The number of non-ortho nitro benzene ring substituents is 1. The van der Waals surface area contributed by atoms with E-state index in [1.54, 1.807) is 29.2 Å². The lowest BCUT2D eigenvalue weighted by atomic mass is 10.1. The number of rotatable bonds is 8. The van der Waals surface area contributed by atoms with Crippen molar-refractivity contribution < 1.29 is 9.72 Å². The average molecular weight is 394 g/mol. The summed E-state index contributed by atoms with van der Waals surface area (Å²) in [6.45, 7) is 4.88. The van der Waals surface area contributed by atoms with E-state index in [1.807, 2.05) is 32.0 Å². The van der Waals surface area contributed by atoms with Crippen LogP contribution in [0.5, 0.6) is 0 Å². The van der Waals surface area contributed by atoms with Crippen LogP contribution in [-0.2, 0) is 0 Å². The first-order chi connectivity index (χ1) is 14.0. The molecule has 0 fully saturated rings. The molecule has 0 atom stereocenters. The van der Waals surface area contributed by atoms with Gasteiger partial charge in [-0.15, -0.1) is 0 Å². The second kappa shape index (κ2) is 8.96. The molecule has 3 aromatic rings. The van der Waals surface area contributed by atoms with Gasteiger partial charge in [0.25, 0.3) is 11.6 Å². The van der Waals surface area contributed by atoms with E-state index < -0.39 is 4.92 Å². The first-order valence-corrected chi connectivity index (χ1v) is 9.23. The van der Waals surface area contributed by atoms with Crippen molar-refractivity contribution in [3.8, 4) is 5.82 Å². The molecule has 0 aliphatic heterocycles. The van der Waals surface area contributed by atoms with Crippen LogP contribution in [0.4, 0.5) is 11.4 Å². The molecule has 0 aliphatic carbocycles. The normalized spacial score (nSPS) is 10.7.